The molecule has 0 aliphatic heterocycles. The van der Waals surface area contributed by atoms with Gasteiger partial charge in [0.1, 0.15) is 4.21 Å². The van der Waals surface area contributed by atoms with E-state index in [2.05, 4.69) is 4.72 Å². The molecular weight excluding hydrogens is 312 g/mol. The first kappa shape index (κ1) is 14.7. The molecule has 0 saturated heterocycles. The van der Waals surface area contributed by atoms with Crippen LogP contribution in [0, 0.1) is 16.0 Å². The average Bonchev–Trinajstić information content (AvgIpc) is 2.86. The van der Waals surface area contributed by atoms with Gasteiger partial charge in [0, 0.05) is 12.1 Å². The highest BCUT2D eigenvalue weighted by atomic mass is 35.5. The summed E-state index contributed by atoms with van der Waals surface area (Å²) in [7, 11) is -3.73. The normalized spacial score (nSPS) is 23.7. The van der Waals surface area contributed by atoms with Gasteiger partial charge in [-0.3, -0.25) is 10.1 Å². The summed E-state index contributed by atoms with van der Waals surface area (Å²) in [6.45, 7) is 1.99. The third kappa shape index (κ3) is 3.07. The van der Waals surface area contributed by atoms with Gasteiger partial charge in [-0.15, -0.1) is 11.3 Å². The van der Waals surface area contributed by atoms with Crippen molar-refractivity contribution in [2.45, 2.75) is 36.4 Å². The topological polar surface area (TPSA) is 89.3 Å². The molecule has 2 unspecified atom stereocenters. The summed E-state index contributed by atoms with van der Waals surface area (Å²) < 4.78 is 26.7. The molecule has 2 rings (SSSR count). The largest absolute Gasteiger partial charge is 0.300 e. The first-order valence-electron chi connectivity index (χ1n) is 5.77. The fraction of sp³-hybridized carbons (Fsp3) is 0.600. The van der Waals surface area contributed by atoms with Crippen LogP contribution in [0.5, 0.6) is 0 Å². The number of rotatable bonds is 4. The Morgan fingerprint density at radius 3 is 2.68 bits per heavy atom. The lowest BCUT2D eigenvalue weighted by Gasteiger charge is -2.16. The van der Waals surface area contributed by atoms with Crippen molar-refractivity contribution in [3.8, 4) is 0 Å². The Morgan fingerprint density at radius 1 is 1.53 bits per heavy atom. The molecule has 1 aromatic rings. The molecule has 0 aromatic carbocycles. The Morgan fingerprint density at radius 2 is 2.21 bits per heavy atom. The minimum absolute atomic E-state index is 0.107. The predicted octanol–water partition coefficient (Wildman–Crippen LogP) is 2.78. The van der Waals surface area contributed by atoms with Crippen molar-refractivity contribution in [1.82, 2.24) is 4.72 Å². The molecule has 0 spiro atoms. The zero-order chi connectivity index (χ0) is 14.2. The fourth-order valence-electron chi connectivity index (χ4n) is 2.17. The van der Waals surface area contributed by atoms with E-state index < -0.39 is 14.9 Å². The van der Waals surface area contributed by atoms with Crippen LogP contribution in [0.15, 0.2) is 10.3 Å². The van der Waals surface area contributed by atoms with Crippen molar-refractivity contribution < 1.29 is 13.3 Å². The van der Waals surface area contributed by atoms with Gasteiger partial charge in [0.05, 0.1) is 4.92 Å². The van der Waals surface area contributed by atoms with E-state index in [9.17, 15) is 18.5 Å². The number of nitrogens with one attached hydrogen (secondary N) is 1. The third-order valence-corrected chi connectivity index (χ3v) is 6.58. The van der Waals surface area contributed by atoms with Gasteiger partial charge < -0.3 is 0 Å². The summed E-state index contributed by atoms with van der Waals surface area (Å²) in [6.07, 6.45) is 2.76. The van der Waals surface area contributed by atoms with Gasteiger partial charge in [-0.25, -0.2) is 13.1 Å². The van der Waals surface area contributed by atoms with Gasteiger partial charge in [0.15, 0.2) is 4.34 Å². The van der Waals surface area contributed by atoms with Crippen molar-refractivity contribution in [2.75, 3.05) is 0 Å². The van der Waals surface area contributed by atoms with E-state index in [1.165, 1.54) is 0 Å². The molecule has 106 valence electrons. The molecule has 6 nitrogen and oxygen atoms in total. The van der Waals surface area contributed by atoms with Gasteiger partial charge >= 0.3 is 0 Å². The molecule has 1 aliphatic carbocycles. The molecule has 1 fully saturated rings. The molecule has 1 saturated carbocycles. The SMILES string of the molecule is CC1CCCC1NS(=O)(=O)c1cc([N+](=O)[O-])c(Cl)s1. The van der Waals surface area contributed by atoms with Crippen LogP contribution in [0.3, 0.4) is 0 Å². The van der Waals surface area contributed by atoms with Crippen LogP contribution in [0.1, 0.15) is 26.2 Å². The van der Waals surface area contributed by atoms with E-state index in [4.69, 9.17) is 11.6 Å². The van der Waals surface area contributed by atoms with Crippen molar-refractivity contribution in [3.63, 3.8) is 0 Å². The zero-order valence-electron chi connectivity index (χ0n) is 10.1. The van der Waals surface area contributed by atoms with E-state index in [-0.39, 0.29) is 26.2 Å². The number of halogens is 1. The highest BCUT2D eigenvalue weighted by molar-refractivity contribution is 7.91. The van der Waals surface area contributed by atoms with Crippen molar-refractivity contribution in [3.05, 3.63) is 20.5 Å². The molecule has 0 amide bonds. The van der Waals surface area contributed by atoms with Gasteiger partial charge in [-0.1, -0.05) is 24.9 Å². The number of hydrogen-bond acceptors (Lipinski definition) is 5. The molecule has 19 heavy (non-hydrogen) atoms. The Kier molecular flexibility index (Phi) is 4.14. The van der Waals surface area contributed by atoms with E-state index >= 15 is 0 Å². The minimum Gasteiger partial charge on any atom is -0.258 e. The van der Waals surface area contributed by atoms with Crippen molar-refractivity contribution >= 4 is 38.6 Å². The van der Waals surface area contributed by atoms with Gasteiger partial charge in [0.2, 0.25) is 0 Å². The van der Waals surface area contributed by atoms with E-state index in [0.717, 1.165) is 25.3 Å². The molecule has 0 bridgehead atoms. The van der Waals surface area contributed by atoms with Crippen LogP contribution in [0.2, 0.25) is 4.34 Å². The van der Waals surface area contributed by atoms with Crippen LogP contribution in [0.25, 0.3) is 0 Å². The minimum atomic E-state index is -3.73. The van der Waals surface area contributed by atoms with Crippen LogP contribution in [-0.2, 0) is 10.0 Å². The smallest absolute Gasteiger partial charge is 0.258 e. The molecule has 9 heteroatoms. The number of sulfonamides is 1. The Balaban J connectivity index is 2.24. The first-order chi connectivity index (χ1) is 8.81. The maximum absolute atomic E-state index is 12.1. The summed E-state index contributed by atoms with van der Waals surface area (Å²) in [5, 5.41) is 10.7. The van der Waals surface area contributed by atoms with Crippen LogP contribution < -0.4 is 4.72 Å². The molecule has 1 aromatic heterocycles. The summed E-state index contributed by atoms with van der Waals surface area (Å²) in [4.78, 5) is 9.99. The molecular formula is C10H13ClN2O4S2. The highest BCUT2D eigenvalue weighted by Gasteiger charge is 2.31. The Labute approximate surface area is 120 Å². The van der Waals surface area contributed by atoms with E-state index in [1.807, 2.05) is 6.92 Å². The zero-order valence-corrected chi connectivity index (χ0v) is 12.5. The Hall–Kier alpha value is -0.700. The fourth-order valence-corrected chi connectivity index (χ4v) is 5.23. The summed E-state index contributed by atoms with van der Waals surface area (Å²) >= 11 is 6.38. The standard InChI is InChI=1S/C10H13ClN2O4S2/c1-6-3-2-4-7(6)12-19(16,17)9-5-8(13(14)15)10(11)18-9/h5-7,12H,2-4H2,1H3. The molecule has 1 aliphatic rings. The van der Waals surface area contributed by atoms with Gasteiger partial charge in [-0.2, -0.15) is 0 Å². The summed E-state index contributed by atoms with van der Waals surface area (Å²) in [5.41, 5.74) is -0.369. The monoisotopic (exact) mass is 324 g/mol. The van der Waals surface area contributed by atoms with Crippen molar-refractivity contribution in [2.24, 2.45) is 5.92 Å². The predicted molar refractivity (Wildman–Crippen MR) is 73.1 cm³/mol. The number of nitro groups is 1. The second kappa shape index (κ2) is 5.35. The quantitative estimate of drug-likeness (QED) is 0.681. The highest BCUT2D eigenvalue weighted by Crippen LogP contribution is 2.36. The molecule has 1 heterocycles. The molecule has 1 N–H and O–H groups in total. The van der Waals surface area contributed by atoms with Crippen LogP contribution in [-0.4, -0.2) is 19.4 Å². The number of thiophene rings is 1. The molecule has 2 atom stereocenters. The Bertz CT molecular complexity index is 599. The van der Waals surface area contributed by atoms with Gasteiger partial charge in [0.25, 0.3) is 15.7 Å². The lowest BCUT2D eigenvalue weighted by atomic mass is 10.1. The third-order valence-electron chi connectivity index (χ3n) is 3.28. The maximum Gasteiger partial charge on any atom is 0.300 e. The molecule has 0 radical (unpaired) electrons. The maximum atomic E-state index is 12.1. The second-order valence-electron chi connectivity index (χ2n) is 4.62. The van der Waals surface area contributed by atoms with Crippen molar-refractivity contribution in [1.29, 1.82) is 0 Å². The first-order valence-corrected chi connectivity index (χ1v) is 8.45. The van der Waals surface area contributed by atoms with Crippen LogP contribution >= 0.6 is 22.9 Å². The number of nitrogens with zero attached hydrogens (tertiary/aromatic N) is 1. The lowest BCUT2D eigenvalue weighted by molar-refractivity contribution is -0.384. The average molecular weight is 325 g/mol. The van der Waals surface area contributed by atoms with E-state index in [1.54, 1.807) is 0 Å². The van der Waals surface area contributed by atoms with Crippen LogP contribution in [0.4, 0.5) is 5.69 Å². The number of hydrogen-bond donors (Lipinski definition) is 1. The van der Waals surface area contributed by atoms with Gasteiger partial charge in [-0.05, 0) is 18.8 Å². The van der Waals surface area contributed by atoms with E-state index in [0.29, 0.717) is 11.3 Å². The summed E-state index contributed by atoms with van der Waals surface area (Å²) in [6, 6.07) is 0.902. The lowest BCUT2D eigenvalue weighted by Crippen LogP contribution is -2.35. The summed E-state index contributed by atoms with van der Waals surface area (Å²) in [5.74, 6) is 0.278. The second-order valence-corrected chi connectivity index (χ2v) is 8.21.